The number of anilines is 3. The van der Waals surface area contributed by atoms with Crippen molar-refractivity contribution in [2.24, 2.45) is 0 Å². The molecule has 1 fully saturated rings. The third kappa shape index (κ3) is 3.74. The van der Waals surface area contributed by atoms with Crippen molar-refractivity contribution in [3.05, 3.63) is 60.1 Å². The summed E-state index contributed by atoms with van der Waals surface area (Å²) in [6.45, 7) is 3.39. The average Bonchev–Trinajstić information content (AvgIpc) is 3.18. The van der Waals surface area contributed by atoms with E-state index in [9.17, 15) is 5.11 Å². The van der Waals surface area contributed by atoms with Crippen LogP contribution < -0.4 is 10.2 Å². The largest absolute Gasteiger partial charge is 0.508 e. The summed E-state index contributed by atoms with van der Waals surface area (Å²) in [6.07, 6.45) is 1.84. The Hall–Kier alpha value is -3.16. The molecule has 5 rings (SSSR count). The molecule has 2 aromatic carbocycles. The summed E-state index contributed by atoms with van der Waals surface area (Å²) in [6, 6.07) is 15.5. The number of hydrogen-bond donors (Lipinski definition) is 2. The van der Waals surface area contributed by atoms with E-state index in [0.717, 1.165) is 53.3 Å². The van der Waals surface area contributed by atoms with E-state index < -0.39 is 0 Å². The van der Waals surface area contributed by atoms with Gasteiger partial charge in [0, 0.05) is 35.4 Å². The van der Waals surface area contributed by atoms with Gasteiger partial charge in [-0.05, 0) is 42.0 Å². The molecule has 2 N–H and O–H groups in total. The Labute approximate surface area is 172 Å². The summed E-state index contributed by atoms with van der Waals surface area (Å²) < 4.78 is 6.43. The Bertz CT molecular complexity index is 1140. The van der Waals surface area contributed by atoms with Crippen LogP contribution in [0.2, 0.25) is 0 Å². The van der Waals surface area contributed by atoms with Crippen LogP contribution in [-0.4, -0.2) is 41.4 Å². The Balaban J connectivity index is 1.40. The summed E-state index contributed by atoms with van der Waals surface area (Å²) in [7, 11) is 0. The monoisotopic (exact) mass is 404 g/mol. The highest BCUT2D eigenvalue weighted by Crippen LogP contribution is 2.34. The summed E-state index contributed by atoms with van der Waals surface area (Å²) in [4.78, 5) is 11.5. The lowest BCUT2D eigenvalue weighted by Gasteiger charge is -2.28. The molecule has 0 saturated carbocycles. The SMILES string of the molecule is Oc1cccc(-c2csc3cnc(Nc4ccc(N5CCOCC5)cc4)nc23)c1. The number of phenols is 1. The summed E-state index contributed by atoms with van der Waals surface area (Å²) in [5.74, 6) is 0.797. The van der Waals surface area contributed by atoms with E-state index in [-0.39, 0.29) is 5.75 Å². The van der Waals surface area contributed by atoms with Crippen LogP contribution >= 0.6 is 11.3 Å². The molecule has 0 aliphatic carbocycles. The van der Waals surface area contributed by atoms with Gasteiger partial charge in [0.05, 0.1) is 29.6 Å². The number of aromatic nitrogens is 2. The first-order chi connectivity index (χ1) is 14.3. The van der Waals surface area contributed by atoms with Crippen molar-refractivity contribution in [3.63, 3.8) is 0 Å². The zero-order chi connectivity index (χ0) is 19.6. The summed E-state index contributed by atoms with van der Waals surface area (Å²) in [5.41, 5.74) is 4.95. The van der Waals surface area contributed by atoms with Gasteiger partial charge in [0.15, 0.2) is 0 Å². The van der Waals surface area contributed by atoms with Crippen molar-refractivity contribution in [2.45, 2.75) is 0 Å². The van der Waals surface area contributed by atoms with Crippen molar-refractivity contribution in [3.8, 4) is 16.9 Å². The van der Waals surface area contributed by atoms with E-state index in [1.165, 1.54) is 5.69 Å². The number of rotatable bonds is 4. The first kappa shape index (κ1) is 17.9. The normalized spacial score (nSPS) is 14.3. The Kier molecular flexibility index (Phi) is 4.75. The van der Waals surface area contributed by atoms with E-state index in [1.54, 1.807) is 23.5 Å². The van der Waals surface area contributed by atoms with Crippen LogP contribution in [0.5, 0.6) is 5.75 Å². The number of nitrogens with zero attached hydrogens (tertiary/aromatic N) is 3. The standard InChI is InChI=1S/C22H20N4O2S/c27-18-3-1-2-15(12-18)19-14-29-20-13-23-22(25-21(19)20)24-16-4-6-17(7-5-16)26-8-10-28-11-9-26/h1-7,12-14,27H,8-11H2,(H,23,24,25). The zero-order valence-corrected chi connectivity index (χ0v) is 16.5. The third-order valence-corrected chi connectivity index (χ3v) is 5.88. The molecule has 0 bridgehead atoms. The predicted octanol–water partition coefficient (Wildman–Crippen LogP) is 4.64. The minimum atomic E-state index is 0.245. The molecule has 6 nitrogen and oxygen atoms in total. The van der Waals surface area contributed by atoms with Crippen LogP contribution in [0, 0.1) is 0 Å². The number of thiophene rings is 1. The van der Waals surface area contributed by atoms with Gasteiger partial charge in [-0.3, -0.25) is 0 Å². The number of ether oxygens (including phenoxy) is 1. The lowest BCUT2D eigenvalue weighted by atomic mass is 10.1. The van der Waals surface area contributed by atoms with Crippen molar-refractivity contribution in [2.75, 3.05) is 36.5 Å². The fourth-order valence-electron chi connectivity index (χ4n) is 3.47. The Morgan fingerprint density at radius 1 is 1.07 bits per heavy atom. The second-order valence-corrected chi connectivity index (χ2v) is 7.79. The maximum Gasteiger partial charge on any atom is 0.227 e. The van der Waals surface area contributed by atoms with E-state index in [0.29, 0.717) is 5.95 Å². The molecule has 2 aromatic heterocycles. The first-order valence-corrected chi connectivity index (χ1v) is 10.4. The van der Waals surface area contributed by atoms with Crippen LogP contribution in [0.15, 0.2) is 60.1 Å². The minimum absolute atomic E-state index is 0.245. The zero-order valence-electron chi connectivity index (χ0n) is 15.7. The van der Waals surface area contributed by atoms with Crippen molar-refractivity contribution >= 4 is 38.9 Å². The molecule has 4 aromatic rings. The number of fused-ring (bicyclic) bond motifs is 1. The predicted molar refractivity (Wildman–Crippen MR) is 117 cm³/mol. The number of hydrogen-bond acceptors (Lipinski definition) is 7. The first-order valence-electron chi connectivity index (χ1n) is 9.50. The maximum atomic E-state index is 9.80. The molecule has 29 heavy (non-hydrogen) atoms. The van der Waals surface area contributed by atoms with E-state index in [1.807, 2.05) is 30.5 Å². The van der Waals surface area contributed by atoms with Gasteiger partial charge in [-0.1, -0.05) is 12.1 Å². The van der Waals surface area contributed by atoms with Crippen molar-refractivity contribution in [1.29, 1.82) is 0 Å². The van der Waals surface area contributed by atoms with E-state index >= 15 is 0 Å². The number of aromatic hydroxyl groups is 1. The van der Waals surface area contributed by atoms with Gasteiger partial charge in [0.1, 0.15) is 5.75 Å². The fraction of sp³-hybridized carbons (Fsp3) is 0.182. The highest BCUT2D eigenvalue weighted by molar-refractivity contribution is 7.17. The number of morpholine rings is 1. The molecule has 0 unspecified atom stereocenters. The molecule has 1 aliphatic rings. The second-order valence-electron chi connectivity index (χ2n) is 6.88. The molecule has 146 valence electrons. The van der Waals surface area contributed by atoms with Crippen LogP contribution in [-0.2, 0) is 4.74 Å². The van der Waals surface area contributed by atoms with Gasteiger partial charge in [-0.25, -0.2) is 9.97 Å². The smallest absolute Gasteiger partial charge is 0.227 e. The number of nitrogens with one attached hydrogen (secondary N) is 1. The van der Waals surface area contributed by atoms with Crippen LogP contribution in [0.3, 0.4) is 0 Å². The Morgan fingerprint density at radius 2 is 1.90 bits per heavy atom. The lowest BCUT2D eigenvalue weighted by molar-refractivity contribution is 0.122. The number of benzene rings is 2. The van der Waals surface area contributed by atoms with Crippen LogP contribution in [0.4, 0.5) is 17.3 Å². The lowest BCUT2D eigenvalue weighted by Crippen LogP contribution is -2.36. The maximum absolute atomic E-state index is 9.80. The van der Waals surface area contributed by atoms with Crippen molar-refractivity contribution < 1.29 is 9.84 Å². The summed E-state index contributed by atoms with van der Waals surface area (Å²) >= 11 is 1.60. The van der Waals surface area contributed by atoms with Gasteiger partial charge in [-0.15, -0.1) is 11.3 Å². The highest BCUT2D eigenvalue weighted by Gasteiger charge is 2.12. The molecule has 7 heteroatoms. The molecule has 0 atom stereocenters. The number of phenolic OH excluding ortho intramolecular Hbond substituents is 1. The fourth-order valence-corrected chi connectivity index (χ4v) is 4.35. The van der Waals surface area contributed by atoms with Gasteiger partial charge >= 0.3 is 0 Å². The second kappa shape index (κ2) is 7.69. The van der Waals surface area contributed by atoms with E-state index in [4.69, 9.17) is 9.72 Å². The minimum Gasteiger partial charge on any atom is -0.508 e. The molecule has 0 radical (unpaired) electrons. The topological polar surface area (TPSA) is 70.5 Å². The Morgan fingerprint density at radius 3 is 2.69 bits per heavy atom. The van der Waals surface area contributed by atoms with Gasteiger partial charge in [0.25, 0.3) is 0 Å². The average molecular weight is 404 g/mol. The molecular weight excluding hydrogens is 384 g/mol. The highest BCUT2D eigenvalue weighted by atomic mass is 32.1. The molecule has 1 aliphatic heterocycles. The summed E-state index contributed by atoms with van der Waals surface area (Å²) in [5, 5.41) is 15.1. The molecule has 1 saturated heterocycles. The van der Waals surface area contributed by atoms with Crippen molar-refractivity contribution in [1.82, 2.24) is 9.97 Å². The molecule has 0 amide bonds. The molecule has 3 heterocycles. The quantitative estimate of drug-likeness (QED) is 0.516. The van der Waals surface area contributed by atoms with E-state index in [2.05, 4.69) is 32.7 Å². The van der Waals surface area contributed by atoms with Crippen LogP contribution in [0.1, 0.15) is 0 Å². The molecule has 0 spiro atoms. The van der Waals surface area contributed by atoms with Gasteiger partial charge in [-0.2, -0.15) is 0 Å². The van der Waals surface area contributed by atoms with Crippen LogP contribution in [0.25, 0.3) is 21.3 Å². The van der Waals surface area contributed by atoms with Gasteiger partial charge < -0.3 is 20.1 Å². The molecular formula is C22H20N4O2S. The van der Waals surface area contributed by atoms with Gasteiger partial charge in [0.2, 0.25) is 5.95 Å². The third-order valence-electron chi connectivity index (χ3n) is 4.97.